The molecular weight excluding hydrogens is 757 g/mol. The van der Waals surface area contributed by atoms with Crippen molar-refractivity contribution in [1.82, 2.24) is 0 Å². The largest absolute Gasteiger partial charge is 0.653 e. The van der Waals surface area contributed by atoms with Crippen molar-refractivity contribution >= 4 is 17.0 Å². The van der Waals surface area contributed by atoms with E-state index in [-0.39, 0.29) is 55.5 Å². The summed E-state index contributed by atoms with van der Waals surface area (Å²) in [4.78, 5) is 6.44. The number of aliphatic imine (C=N–C) groups is 1. The molecule has 0 amide bonds. The van der Waals surface area contributed by atoms with Gasteiger partial charge in [-0.1, -0.05) is 73.8 Å². The van der Waals surface area contributed by atoms with Crippen LogP contribution in [0.1, 0.15) is 122 Å². The minimum atomic E-state index is -2.23. The van der Waals surface area contributed by atoms with Crippen molar-refractivity contribution in [1.29, 1.82) is 0 Å². The molecule has 4 heterocycles. The second-order valence-electron chi connectivity index (χ2n) is 13.7. The van der Waals surface area contributed by atoms with Gasteiger partial charge in [0.15, 0.2) is 6.23 Å². The van der Waals surface area contributed by atoms with Crippen molar-refractivity contribution in [3.8, 4) is 0 Å². The second-order valence-corrected chi connectivity index (χ2v) is 14.8. The third-order valence-corrected chi connectivity index (χ3v) is 10.8. The molecule has 45 heavy (non-hydrogen) atoms. The summed E-state index contributed by atoms with van der Waals surface area (Å²) in [6, 6.07) is -0.0258. The van der Waals surface area contributed by atoms with Gasteiger partial charge in [0.1, 0.15) is 0 Å². The summed E-state index contributed by atoms with van der Waals surface area (Å²) in [5.74, 6) is 2.03. The molecule has 0 spiro atoms. The number of rotatable bonds is 9. The van der Waals surface area contributed by atoms with Gasteiger partial charge in [-0.3, -0.25) is 0 Å². The van der Waals surface area contributed by atoms with Crippen molar-refractivity contribution < 1.29 is 41.9 Å². The molecule has 1 fully saturated rings. The maximum Gasteiger partial charge on any atom is 0.175 e. The number of nitrogens with zero attached hydrogens (tertiary/aromatic N) is 2. The van der Waals surface area contributed by atoms with Gasteiger partial charge in [0.2, 0.25) is 0 Å². The molecule has 5 nitrogen and oxygen atoms in total. The van der Waals surface area contributed by atoms with Gasteiger partial charge in [-0.15, -0.1) is 30.3 Å². The van der Waals surface area contributed by atoms with E-state index in [0.717, 1.165) is 66.7 Å². The maximum absolute atomic E-state index is 9.88. The van der Waals surface area contributed by atoms with Crippen molar-refractivity contribution in [2.45, 2.75) is 138 Å². The zero-order valence-electron chi connectivity index (χ0n) is 33.4. The molecule has 5 atom stereocenters. The van der Waals surface area contributed by atoms with Gasteiger partial charge in [-0.2, -0.15) is 5.57 Å². The fourth-order valence-corrected chi connectivity index (χ4v) is 8.24. The molecule has 3 aliphatic heterocycles. The number of thiophene rings is 1. The summed E-state index contributed by atoms with van der Waals surface area (Å²) < 4.78 is 47.0. The van der Waals surface area contributed by atoms with E-state index >= 15 is 0 Å². The van der Waals surface area contributed by atoms with Crippen LogP contribution in [0.4, 0.5) is 0 Å². The zero-order chi connectivity index (χ0) is 36.5. The van der Waals surface area contributed by atoms with Crippen molar-refractivity contribution in [2.75, 3.05) is 0 Å². The van der Waals surface area contributed by atoms with Gasteiger partial charge in [0.25, 0.3) is 0 Å². The van der Waals surface area contributed by atoms with Crippen molar-refractivity contribution in [3.05, 3.63) is 67.9 Å². The normalized spacial score (nSPS) is 27.1. The molecule has 1 aliphatic carbocycles. The van der Waals surface area contributed by atoms with E-state index in [1.807, 2.05) is 26.8 Å². The van der Waals surface area contributed by atoms with E-state index in [0.29, 0.717) is 12.3 Å². The van der Waals surface area contributed by atoms with Crippen molar-refractivity contribution in [2.24, 2.45) is 34.1 Å². The Morgan fingerprint density at radius 1 is 1.24 bits per heavy atom. The first-order valence-electron chi connectivity index (χ1n) is 19.3. The molecule has 5 rings (SSSR count). The SMILES string of the molecule is CCC(CC)/C(O)=C/[C@@H](O)C(CC)CC.[2H]C([2H])([2H])C1=N[C@H]2OC3=C([C@H]4Cc5c(sc(C([2H])([2H])C(C)(C)C)c5C)C[N-]4)[CH-]CC[C@H]3C2C=C1.[Ir]. The summed E-state index contributed by atoms with van der Waals surface area (Å²) in [6.45, 7) is 14.5. The fourth-order valence-electron chi connectivity index (χ4n) is 6.87. The van der Waals surface area contributed by atoms with Gasteiger partial charge in [-0.05, 0) is 90.6 Å². The molecular formula is C38H58IrN2O3S-2. The first-order valence-corrected chi connectivity index (χ1v) is 17.6. The number of ether oxygens (including phenoxy) is 1. The number of aliphatic hydroxyl groups excluding tert-OH is 2. The van der Waals surface area contributed by atoms with Crippen LogP contribution in [0.5, 0.6) is 0 Å². The van der Waals surface area contributed by atoms with Gasteiger partial charge >= 0.3 is 0 Å². The fraction of sp³-hybridized carbons (Fsp3) is 0.684. The third-order valence-electron chi connectivity index (χ3n) is 9.58. The van der Waals surface area contributed by atoms with Crippen LogP contribution >= 0.6 is 11.3 Å². The van der Waals surface area contributed by atoms with Crippen LogP contribution in [-0.2, 0) is 44.2 Å². The number of hydrogen-bond acceptors (Lipinski definition) is 5. The van der Waals surface area contributed by atoms with E-state index in [9.17, 15) is 10.2 Å². The standard InChI is InChI=1S/C25H32N2OS.C13H26O2.Ir/c1-14-9-10-17-16-7-6-8-18(23(16)28-24(17)27-14)20-11-19-15(2)21(12-25(3,4)5)29-22(19)13-26-20;1-5-10(6-2)12(14)9-13(15)11(7-3)8-4;/h8-10,16-17,20,24H,6-7,11-13H2,1-5H3;9-12,14-15H,5-8H2,1-4H3;/q-2;;/b;13-9-;/t16-,17?,20+,24-;12-;/m01./s1/i1D3,12D2;;. The van der Waals surface area contributed by atoms with Crippen molar-refractivity contribution in [3.63, 3.8) is 0 Å². The third kappa shape index (κ3) is 9.16. The van der Waals surface area contributed by atoms with Crippen LogP contribution in [0.15, 0.2) is 40.3 Å². The predicted molar refractivity (Wildman–Crippen MR) is 186 cm³/mol. The molecule has 1 aromatic rings. The Bertz CT molecular complexity index is 1440. The quantitative estimate of drug-likeness (QED) is 0.193. The Morgan fingerprint density at radius 2 is 1.96 bits per heavy atom. The Balaban J connectivity index is 0.000000361. The molecule has 0 bridgehead atoms. The summed E-state index contributed by atoms with van der Waals surface area (Å²) in [5, 5.41) is 24.7. The molecule has 1 unspecified atom stereocenters. The number of aliphatic hydroxyl groups is 2. The second kappa shape index (κ2) is 16.6. The predicted octanol–water partition coefficient (Wildman–Crippen LogP) is 9.97. The van der Waals surface area contributed by atoms with E-state index in [1.165, 1.54) is 10.4 Å². The van der Waals surface area contributed by atoms with Crippen LogP contribution in [0.2, 0.25) is 0 Å². The number of dihydropyridines is 1. The summed E-state index contributed by atoms with van der Waals surface area (Å²) >= 11 is 1.58. The van der Waals surface area contributed by atoms with Crippen LogP contribution in [0.3, 0.4) is 0 Å². The Labute approximate surface area is 298 Å². The number of hydrogen-bond donors (Lipinski definition) is 2. The first-order chi connectivity index (χ1) is 22.9. The van der Waals surface area contributed by atoms with Gasteiger partial charge < -0.3 is 20.3 Å². The van der Waals surface area contributed by atoms with E-state index in [2.05, 4.69) is 46.0 Å². The number of fused-ring (bicyclic) bond motifs is 4. The minimum Gasteiger partial charge on any atom is -0.653 e. The summed E-state index contributed by atoms with van der Waals surface area (Å²) in [7, 11) is 0. The number of allylic oxidation sites excluding steroid dienone is 3. The molecule has 7 heteroatoms. The van der Waals surface area contributed by atoms with E-state index in [4.69, 9.17) is 16.9 Å². The molecule has 1 aromatic heterocycles. The Morgan fingerprint density at radius 3 is 2.58 bits per heavy atom. The van der Waals surface area contributed by atoms with Crippen LogP contribution < -0.4 is 0 Å². The Kier molecular flexibility index (Phi) is 11.4. The van der Waals surface area contributed by atoms with Gasteiger partial charge in [0.05, 0.1) is 11.9 Å². The molecule has 1 saturated heterocycles. The van der Waals surface area contributed by atoms with Crippen LogP contribution in [-0.4, -0.2) is 34.3 Å². The average Bonchev–Trinajstić information content (AvgIpc) is 3.58. The van der Waals surface area contributed by atoms with E-state index < -0.39 is 31.0 Å². The average molecular weight is 820 g/mol. The molecule has 2 N–H and O–H groups in total. The zero-order valence-corrected chi connectivity index (χ0v) is 31.7. The molecule has 255 valence electrons. The van der Waals surface area contributed by atoms with Gasteiger partial charge in [-0.25, -0.2) is 11.4 Å². The molecule has 0 saturated carbocycles. The van der Waals surface area contributed by atoms with Gasteiger partial charge in [0, 0.05) is 49.4 Å². The topological polar surface area (TPSA) is 76.2 Å². The maximum atomic E-state index is 9.88. The molecule has 4 aliphatic rings. The minimum absolute atomic E-state index is 0. The van der Waals surface area contributed by atoms with E-state index in [1.54, 1.807) is 23.5 Å². The smallest absolute Gasteiger partial charge is 0.175 e. The first kappa shape index (κ1) is 30.9. The molecule has 1 radical (unpaired) electrons. The summed E-state index contributed by atoms with van der Waals surface area (Å²) in [6.07, 6.45) is 11.5. The monoisotopic (exact) mass is 820 g/mol. The Hall–Kier alpha value is -1.37. The van der Waals surface area contributed by atoms with Crippen LogP contribution in [0.25, 0.3) is 5.32 Å². The summed E-state index contributed by atoms with van der Waals surface area (Å²) in [5.41, 5.74) is 3.02. The van der Waals surface area contributed by atoms with Crippen LogP contribution in [0, 0.1) is 42.4 Å². The molecule has 0 aromatic carbocycles.